The Morgan fingerprint density at radius 3 is 2.57 bits per heavy atom. The fourth-order valence-corrected chi connectivity index (χ4v) is 1.97. The van der Waals surface area contributed by atoms with Crippen LogP contribution in [0.3, 0.4) is 0 Å². The van der Waals surface area contributed by atoms with Gasteiger partial charge in [-0.3, -0.25) is 4.79 Å². The second-order valence-corrected chi connectivity index (χ2v) is 5.26. The number of primary amides is 1. The summed E-state index contributed by atoms with van der Waals surface area (Å²) in [6.07, 6.45) is -0.973. The van der Waals surface area contributed by atoms with Crippen LogP contribution in [0.15, 0.2) is 48.5 Å². The zero-order chi connectivity index (χ0) is 16.8. The smallest absolute Gasteiger partial charge is 0.339 e. The third-order valence-electron chi connectivity index (χ3n) is 3.24. The van der Waals surface area contributed by atoms with E-state index in [4.69, 9.17) is 15.2 Å². The molecule has 2 aromatic carbocycles. The van der Waals surface area contributed by atoms with Crippen LogP contribution in [0.2, 0.25) is 0 Å². The van der Waals surface area contributed by atoms with E-state index in [0.717, 1.165) is 11.1 Å². The number of esters is 1. The molecule has 0 aliphatic carbocycles. The highest BCUT2D eigenvalue weighted by Gasteiger charge is 2.16. The summed E-state index contributed by atoms with van der Waals surface area (Å²) in [5.41, 5.74) is 7.58. The maximum Gasteiger partial charge on any atom is 0.339 e. The van der Waals surface area contributed by atoms with Gasteiger partial charge in [-0.05, 0) is 37.6 Å². The molecule has 0 saturated heterocycles. The molecule has 0 aliphatic heterocycles. The number of nitrogens with two attached hydrogens (primary N) is 1. The molecule has 2 aromatic rings. The van der Waals surface area contributed by atoms with Crippen LogP contribution in [0, 0.1) is 6.92 Å². The Balaban J connectivity index is 2.02. The highest BCUT2D eigenvalue weighted by Crippen LogP contribution is 2.17. The van der Waals surface area contributed by atoms with Crippen molar-refractivity contribution in [1.82, 2.24) is 0 Å². The predicted octanol–water partition coefficient (Wildman–Crippen LogP) is 2.60. The fourth-order valence-electron chi connectivity index (χ4n) is 1.97. The Hall–Kier alpha value is -2.82. The Morgan fingerprint density at radius 1 is 1.13 bits per heavy atom. The van der Waals surface area contributed by atoms with E-state index in [2.05, 4.69) is 0 Å². The van der Waals surface area contributed by atoms with Gasteiger partial charge in [0.25, 0.3) is 5.91 Å². The van der Waals surface area contributed by atoms with E-state index in [1.165, 1.54) is 6.92 Å². The van der Waals surface area contributed by atoms with E-state index in [-0.39, 0.29) is 0 Å². The Morgan fingerprint density at radius 2 is 1.87 bits per heavy atom. The lowest BCUT2D eigenvalue weighted by atomic mass is 10.1. The predicted molar refractivity (Wildman–Crippen MR) is 86.0 cm³/mol. The molecule has 120 valence electrons. The minimum Gasteiger partial charge on any atom is -0.489 e. The Kier molecular flexibility index (Phi) is 5.36. The summed E-state index contributed by atoms with van der Waals surface area (Å²) in [5.74, 6) is -0.754. The molecule has 5 nitrogen and oxygen atoms in total. The minimum absolute atomic E-state index is 0.305. The number of ether oxygens (including phenoxy) is 2. The van der Waals surface area contributed by atoms with Crippen LogP contribution in [0.5, 0.6) is 5.75 Å². The first-order chi connectivity index (χ1) is 11.0. The lowest BCUT2D eigenvalue weighted by Gasteiger charge is -2.11. The molecule has 5 heteroatoms. The molecule has 0 saturated carbocycles. The molecule has 0 heterocycles. The van der Waals surface area contributed by atoms with Gasteiger partial charge >= 0.3 is 5.97 Å². The molecular weight excluding hydrogens is 294 g/mol. The van der Waals surface area contributed by atoms with E-state index in [1.807, 2.05) is 31.2 Å². The normalized spacial score (nSPS) is 11.6. The van der Waals surface area contributed by atoms with Gasteiger partial charge in [-0.1, -0.05) is 35.9 Å². The molecular formula is C18H19NO4. The molecule has 2 N–H and O–H groups in total. The molecule has 0 aromatic heterocycles. The standard InChI is InChI=1S/C18H19NO4/c1-12-5-3-6-14(9-12)11-22-16-8-4-7-15(10-16)18(21)23-13(2)17(19)20/h3-10,13H,11H2,1-2H3,(H2,19,20)/t13-/m1/s1. The summed E-state index contributed by atoms with van der Waals surface area (Å²) >= 11 is 0. The topological polar surface area (TPSA) is 78.6 Å². The molecule has 0 spiro atoms. The SMILES string of the molecule is Cc1cccc(COc2cccc(C(=O)O[C@H](C)C(N)=O)c2)c1. The van der Waals surface area contributed by atoms with Gasteiger partial charge in [0.2, 0.25) is 0 Å². The number of carbonyl (C=O) groups excluding carboxylic acids is 2. The molecule has 0 aliphatic rings. The summed E-state index contributed by atoms with van der Waals surface area (Å²) < 4.78 is 10.7. The first kappa shape index (κ1) is 16.5. The fraction of sp³-hybridized carbons (Fsp3) is 0.222. The van der Waals surface area contributed by atoms with E-state index < -0.39 is 18.0 Å². The largest absolute Gasteiger partial charge is 0.489 e. The maximum atomic E-state index is 11.9. The van der Waals surface area contributed by atoms with Gasteiger partial charge in [0.15, 0.2) is 6.10 Å². The summed E-state index contributed by atoms with van der Waals surface area (Å²) in [5, 5.41) is 0. The highest BCUT2D eigenvalue weighted by atomic mass is 16.5. The van der Waals surface area contributed by atoms with Gasteiger partial charge < -0.3 is 15.2 Å². The van der Waals surface area contributed by atoms with Crippen molar-refractivity contribution in [3.8, 4) is 5.75 Å². The van der Waals surface area contributed by atoms with E-state index in [1.54, 1.807) is 24.3 Å². The number of rotatable bonds is 6. The van der Waals surface area contributed by atoms with Crippen LogP contribution >= 0.6 is 0 Å². The van der Waals surface area contributed by atoms with Crippen molar-refractivity contribution in [2.75, 3.05) is 0 Å². The second kappa shape index (κ2) is 7.45. The number of aryl methyl sites for hydroxylation is 1. The third-order valence-corrected chi connectivity index (χ3v) is 3.24. The van der Waals surface area contributed by atoms with Crippen molar-refractivity contribution in [2.45, 2.75) is 26.6 Å². The van der Waals surface area contributed by atoms with E-state index in [9.17, 15) is 9.59 Å². The van der Waals surface area contributed by atoms with Crippen LogP contribution in [0.4, 0.5) is 0 Å². The van der Waals surface area contributed by atoms with Crippen molar-refractivity contribution in [2.24, 2.45) is 5.73 Å². The van der Waals surface area contributed by atoms with Gasteiger partial charge in [-0.25, -0.2) is 4.79 Å². The van der Waals surface area contributed by atoms with Crippen molar-refractivity contribution in [3.05, 3.63) is 65.2 Å². The monoisotopic (exact) mass is 313 g/mol. The molecule has 23 heavy (non-hydrogen) atoms. The van der Waals surface area contributed by atoms with E-state index in [0.29, 0.717) is 17.9 Å². The third kappa shape index (κ3) is 4.85. The summed E-state index contributed by atoms with van der Waals surface area (Å²) in [7, 11) is 0. The van der Waals surface area contributed by atoms with Crippen molar-refractivity contribution in [3.63, 3.8) is 0 Å². The van der Waals surface area contributed by atoms with Crippen LogP contribution in [0.25, 0.3) is 0 Å². The first-order valence-electron chi connectivity index (χ1n) is 7.24. The van der Waals surface area contributed by atoms with Gasteiger partial charge in [-0.2, -0.15) is 0 Å². The molecule has 0 unspecified atom stereocenters. The van der Waals surface area contributed by atoms with Crippen LogP contribution in [0.1, 0.15) is 28.4 Å². The molecule has 1 atom stereocenters. The zero-order valence-corrected chi connectivity index (χ0v) is 13.1. The average molecular weight is 313 g/mol. The summed E-state index contributed by atoms with van der Waals surface area (Å²) in [4.78, 5) is 22.9. The molecule has 0 bridgehead atoms. The quantitative estimate of drug-likeness (QED) is 0.831. The Labute approximate surface area is 135 Å². The number of benzene rings is 2. The summed E-state index contributed by atoms with van der Waals surface area (Å²) in [6.45, 7) is 3.84. The van der Waals surface area contributed by atoms with Crippen molar-refractivity contribution >= 4 is 11.9 Å². The molecule has 0 radical (unpaired) electrons. The van der Waals surface area contributed by atoms with Gasteiger partial charge in [-0.15, -0.1) is 0 Å². The number of amides is 1. The average Bonchev–Trinajstić information content (AvgIpc) is 2.53. The Bertz CT molecular complexity index is 712. The first-order valence-corrected chi connectivity index (χ1v) is 7.24. The second-order valence-electron chi connectivity index (χ2n) is 5.26. The molecule has 0 fully saturated rings. The van der Waals surface area contributed by atoms with Gasteiger partial charge in [0, 0.05) is 0 Å². The van der Waals surface area contributed by atoms with Gasteiger partial charge in [0.05, 0.1) is 5.56 Å². The van der Waals surface area contributed by atoms with Gasteiger partial charge in [0.1, 0.15) is 12.4 Å². The van der Waals surface area contributed by atoms with Crippen molar-refractivity contribution in [1.29, 1.82) is 0 Å². The summed E-state index contributed by atoms with van der Waals surface area (Å²) in [6, 6.07) is 14.6. The highest BCUT2D eigenvalue weighted by molar-refractivity contribution is 5.92. The van der Waals surface area contributed by atoms with E-state index >= 15 is 0 Å². The van der Waals surface area contributed by atoms with Crippen LogP contribution < -0.4 is 10.5 Å². The lowest BCUT2D eigenvalue weighted by Crippen LogP contribution is -2.30. The molecule has 1 amide bonds. The van der Waals surface area contributed by atoms with Crippen LogP contribution in [-0.4, -0.2) is 18.0 Å². The number of hydrogen-bond acceptors (Lipinski definition) is 4. The number of hydrogen-bond donors (Lipinski definition) is 1. The number of carbonyl (C=O) groups is 2. The lowest BCUT2D eigenvalue weighted by molar-refractivity contribution is -0.125. The maximum absolute atomic E-state index is 11.9. The van der Waals surface area contributed by atoms with Crippen LogP contribution in [-0.2, 0) is 16.1 Å². The minimum atomic E-state index is -0.973. The molecule has 2 rings (SSSR count). The van der Waals surface area contributed by atoms with Crippen molar-refractivity contribution < 1.29 is 19.1 Å². The zero-order valence-electron chi connectivity index (χ0n) is 13.1.